The van der Waals surface area contributed by atoms with Gasteiger partial charge in [-0.3, -0.25) is 0 Å². The average Bonchev–Trinajstić information content (AvgIpc) is 3.43. The van der Waals surface area contributed by atoms with Crippen molar-refractivity contribution in [1.82, 2.24) is 19.5 Å². The van der Waals surface area contributed by atoms with E-state index in [9.17, 15) is 13.2 Å². The summed E-state index contributed by atoms with van der Waals surface area (Å²) in [7, 11) is 0. The molecule has 0 aliphatic rings. The number of imidazole rings is 1. The van der Waals surface area contributed by atoms with Gasteiger partial charge in [0, 0.05) is 30.5 Å². The van der Waals surface area contributed by atoms with Crippen LogP contribution in [0.5, 0.6) is 0 Å². The molecule has 3 heterocycles. The van der Waals surface area contributed by atoms with Crippen LogP contribution in [-0.2, 0) is 12.7 Å². The molecular weight excluding hydrogens is 443 g/mol. The third-order valence-electron chi connectivity index (χ3n) is 4.80. The molecule has 0 amide bonds. The Morgan fingerprint density at radius 2 is 1.88 bits per heavy atom. The average molecular weight is 462 g/mol. The molecule has 1 aromatic carbocycles. The van der Waals surface area contributed by atoms with Gasteiger partial charge in [0.25, 0.3) is 0 Å². The number of anilines is 1. The molecular formula is C22H19ClF3N5O. The summed E-state index contributed by atoms with van der Waals surface area (Å²) in [4.78, 5) is 12.1. The maximum absolute atomic E-state index is 13.1. The first kappa shape index (κ1) is 21.9. The molecule has 0 saturated heterocycles. The summed E-state index contributed by atoms with van der Waals surface area (Å²) in [5.74, 6) is 1.38. The molecule has 10 heteroatoms. The molecule has 3 aromatic heterocycles. The fourth-order valence-corrected chi connectivity index (χ4v) is 3.34. The van der Waals surface area contributed by atoms with Crippen molar-refractivity contribution < 1.29 is 17.6 Å². The van der Waals surface area contributed by atoms with Crippen LogP contribution in [0.4, 0.5) is 19.0 Å². The number of benzene rings is 1. The van der Waals surface area contributed by atoms with Crippen molar-refractivity contribution in [2.24, 2.45) is 0 Å². The SMILES string of the molecule is CC(C)n1cc(C(F)(F)F)nc1-c1ccc(CNc2nc(Cl)ncc2-c2ccco2)cc1. The van der Waals surface area contributed by atoms with Gasteiger partial charge in [0.15, 0.2) is 5.69 Å². The lowest BCUT2D eigenvalue weighted by molar-refractivity contribution is -0.140. The highest BCUT2D eigenvalue weighted by Crippen LogP contribution is 2.33. The summed E-state index contributed by atoms with van der Waals surface area (Å²) >= 11 is 5.94. The maximum atomic E-state index is 13.1. The number of alkyl halides is 3. The molecule has 0 radical (unpaired) electrons. The van der Waals surface area contributed by atoms with Gasteiger partial charge in [0.1, 0.15) is 17.4 Å². The minimum absolute atomic E-state index is 0.0964. The Morgan fingerprint density at radius 3 is 2.50 bits per heavy atom. The summed E-state index contributed by atoms with van der Waals surface area (Å²) in [5, 5.41) is 3.30. The van der Waals surface area contributed by atoms with Crippen molar-refractivity contribution in [3.8, 4) is 22.7 Å². The Kier molecular flexibility index (Phi) is 5.92. The lowest BCUT2D eigenvalue weighted by atomic mass is 10.1. The van der Waals surface area contributed by atoms with Crippen molar-refractivity contribution in [1.29, 1.82) is 0 Å². The first-order valence-electron chi connectivity index (χ1n) is 9.78. The number of hydrogen-bond donors (Lipinski definition) is 1. The van der Waals surface area contributed by atoms with E-state index in [1.165, 1.54) is 4.57 Å². The molecule has 0 aliphatic heterocycles. The number of nitrogens with one attached hydrogen (secondary N) is 1. The summed E-state index contributed by atoms with van der Waals surface area (Å²) in [6.45, 7) is 4.04. The largest absolute Gasteiger partial charge is 0.464 e. The zero-order valence-corrected chi connectivity index (χ0v) is 17.9. The van der Waals surface area contributed by atoms with E-state index in [4.69, 9.17) is 16.0 Å². The standard InChI is InChI=1S/C22H19ClF3N5O/c1-13(2)31-12-18(22(24,25)26)29-20(31)15-7-5-14(6-8-15)10-27-19-16(11-28-21(23)30-19)17-4-3-9-32-17/h3-9,11-13H,10H2,1-2H3,(H,27,28,30). The van der Waals surface area contributed by atoms with Gasteiger partial charge in [0.2, 0.25) is 5.28 Å². The first-order chi connectivity index (χ1) is 15.2. The Labute approximate surface area is 187 Å². The molecule has 0 fully saturated rings. The monoisotopic (exact) mass is 461 g/mol. The van der Waals surface area contributed by atoms with Gasteiger partial charge in [0.05, 0.1) is 11.8 Å². The van der Waals surface area contributed by atoms with Gasteiger partial charge in [-0.2, -0.15) is 13.2 Å². The lowest BCUT2D eigenvalue weighted by Crippen LogP contribution is -2.05. The fraction of sp³-hybridized carbons (Fsp3) is 0.227. The Morgan fingerprint density at radius 1 is 1.12 bits per heavy atom. The molecule has 0 saturated carbocycles. The second-order valence-corrected chi connectivity index (χ2v) is 7.72. The van der Waals surface area contributed by atoms with Gasteiger partial charge >= 0.3 is 6.18 Å². The van der Waals surface area contributed by atoms with Gasteiger partial charge in [-0.15, -0.1) is 0 Å². The van der Waals surface area contributed by atoms with Crippen LogP contribution in [0.3, 0.4) is 0 Å². The highest BCUT2D eigenvalue weighted by molar-refractivity contribution is 6.28. The molecule has 4 rings (SSSR count). The van der Waals surface area contributed by atoms with Crippen LogP contribution >= 0.6 is 11.6 Å². The molecule has 0 unspecified atom stereocenters. The van der Waals surface area contributed by atoms with Crippen LogP contribution in [0.1, 0.15) is 31.1 Å². The molecule has 6 nitrogen and oxygen atoms in total. The minimum atomic E-state index is -4.50. The second-order valence-electron chi connectivity index (χ2n) is 7.38. The van der Waals surface area contributed by atoms with E-state index in [2.05, 4.69) is 20.3 Å². The van der Waals surface area contributed by atoms with Crippen molar-refractivity contribution >= 4 is 17.4 Å². The fourth-order valence-electron chi connectivity index (χ4n) is 3.20. The quantitative estimate of drug-likeness (QED) is 0.333. The zero-order chi connectivity index (χ0) is 22.9. The Balaban J connectivity index is 1.55. The van der Waals surface area contributed by atoms with Crippen LogP contribution in [0.2, 0.25) is 5.28 Å². The summed E-state index contributed by atoms with van der Waals surface area (Å²) in [6, 6.07) is 10.5. The second kappa shape index (κ2) is 8.66. The van der Waals surface area contributed by atoms with Gasteiger partial charge < -0.3 is 14.3 Å². The van der Waals surface area contributed by atoms with Gasteiger partial charge in [-0.25, -0.2) is 15.0 Å². The highest BCUT2D eigenvalue weighted by Gasteiger charge is 2.35. The number of hydrogen-bond acceptors (Lipinski definition) is 5. The third-order valence-corrected chi connectivity index (χ3v) is 4.98. The number of nitrogens with zero attached hydrogens (tertiary/aromatic N) is 4. The van der Waals surface area contributed by atoms with E-state index in [0.717, 1.165) is 11.8 Å². The van der Waals surface area contributed by atoms with E-state index in [0.29, 0.717) is 29.2 Å². The van der Waals surface area contributed by atoms with Crippen LogP contribution in [-0.4, -0.2) is 19.5 Å². The van der Waals surface area contributed by atoms with Gasteiger partial charge in [-0.1, -0.05) is 24.3 Å². The van der Waals surface area contributed by atoms with Crippen LogP contribution in [0.25, 0.3) is 22.7 Å². The predicted octanol–water partition coefficient (Wildman–Crippen LogP) is 6.47. The highest BCUT2D eigenvalue weighted by atomic mass is 35.5. The number of halogens is 4. The third kappa shape index (κ3) is 4.62. The Bertz CT molecular complexity index is 1200. The first-order valence-corrected chi connectivity index (χ1v) is 10.2. The molecule has 0 bridgehead atoms. The normalized spacial score (nSPS) is 11.8. The van der Waals surface area contributed by atoms with E-state index in [1.807, 2.05) is 26.0 Å². The molecule has 0 spiro atoms. The minimum Gasteiger partial charge on any atom is -0.464 e. The van der Waals surface area contributed by atoms with Crippen LogP contribution in [0, 0.1) is 0 Å². The van der Waals surface area contributed by atoms with Crippen molar-refractivity contribution in [2.75, 3.05) is 5.32 Å². The van der Waals surface area contributed by atoms with E-state index in [-0.39, 0.29) is 17.1 Å². The molecule has 1 N–H and O–H groups in total. The van der Waals surface area contributed by atoms with Crippen LogP contribution < -0.4 is 5.32 Å². The van der Waals surface area contributed by atoms with E-state index in [1.54, 1.807) is 36.7 Å². The van der Waals surface area contributed by atoms with Gasteiger partial charge in [-0.05, 0) is 43.1 Å². The summed E-state index contributed by atoms with van der Waals surface area (Å²) in [6.07, 6.45) is -0.324. The Hall–Kier alpha value is -3.33. The zero-order valence-electron chi connectivity index (χ0n) is 17.2. The molecule has 166 valence electrons. The maximum Gasteiger partial charge on any atom is 0.434 e. The molecule has 0 atom stereocenters. The number of furan rings is 1. The predicted molar refractivity (Wildman–Crippen MR) is 115 cm³/mol. The van der Waals surface area contributed by atoms with Crippen molar-refractivity contribution in [3.63, 3.8) is 0 Å². The van der Waals surface area contributed by atoms with Crippen LogP contribution in [0.15, 0.2) is 59.5 Å². The number of rotatable bonds is 6. The van der Waals surface area contributed by atoms with Crippen molar-refractivity contribution in [3.05, 3.63) is 71.6 Å². The van der Waals surface area contributed by atoms with E-state index >= 15 is 0 Å². The summed E-state index contributed by atoms with van der Waals surface area (Å²) in [5.41, 5.74) is 1.25. The molecule has 4 aromatic rings. The lowest BCUT2D eigenvalue weighted by Gasteiger charge is -2.12. The van der Waals surface area contributed by atoms with Crippen molar-refractivity contribution in [2.45, 2.75) is 32.6 Å². The topological polar surface area (TPSA) is 68.8 Å². The molecule has 32 heavy (non-hydrogen) atoms. The van der Waals surface area contributed by atoms with E-state index < -0.39 is 11.9 Å². The molecule has 0 aliphatic carbocycles. The summed E-state index contributed by atoms with van der Waals surface area (Å²) < 4.78 is 46.4. The smallest absolute Gasteiger partial charge is 0.434 e. The number of aromatic nitrogens is 4.